The molecule has 2 aromatic heterocycles. The van der Waals surface area contributed by atoms with Gasteiger partial charge in [-0.05, 0) is 31.5 Å². The third-order valence-corrected chi connectivity index (χ3v) is 6.26. The van der Waals surface area contributed by atoms with Crippen molar-refractivity contribution >= 4 is 27.9 Å². The number of nitrogens with zero attached hydrogens (tertiary/aromatic N) is 3. The zero-order valence-corrected chi connectivity index (χ0v) is 17.3. The second-order valence-corrected chi connectivity index (χ2v) is 8.63. The van der Waals surface area contributed by atoms with Crippen LogP contribution in [-0.4, -0.2) is 47.1 Å². The van der Waals surface area contributed by atoms with Crippen LogP contribution in [0.1, 0.15) is 27.9 Å². The minimum atomic E-state index is 0.305. The van der Waals surface area contributed by atoms with E-state index in [4.69, 9.17) is 16.3 Å². The highest BCUT2D eigenvalue weighted by atomic mass is 35.5. The zero-order valence-electron chi connectivity index (χ0n) is 15.7. The van der Waals surface area contributed by atoms with Gasteiger partial charge in [0.25, 0.3) is 0 Å². The number of benzene rings is 1. The van der Waals surface area contributed by atoms with Crippen LogP contribution in [0.3, 0.4) is 0 Å². The number of ether oxygens (including phenoxy) is 1. The third kappa shape index (κ3) is 4.20. The lowest BCUT2D eigenvalue weighted by atomic mass is 10.0. The summed E-state index contributed by atoms with van der Waals surface area (Å²) < 4.78 is 7.76. The number of halogens is 1. The molecule has 1 saturated heterocycles. The highest BCUT2D eigenvalue weighted by Crippen LogP contribution is 2.24. The Kier molecular flexibility index (Phi) is 5.80. The van der Waals surface area contributed by atoms with Gasteiger partial charge in [-0.3, -0.25) is 9.30 Å². The van der Waals surface area contributed by atoms with E-state index in [1.807, 2.05) is 12.1 Å². The van der Waals surface area contributed by atoms with E-state index in [1.54, 1.807) is 11.3 Å². The fraction of sp³-hybridized carbons (Fsp3) is 0.450. The van der Waals surface area contributed by atoms with Crippen molar-refractivity contribution in [2.24, 2.45) is 0 Å². The standard InChI is InChI=1S/C20H25ClN4OS/c1-14-13-25-18(15(2)23-20(25)27-14)11-22-12-19(24-7-9-26-10-8-24)16-3-5-17(21)6-4-16/h3-6,13,19,22H,7-12H2,1-2H3. The Balaban J connectivity index is 1.49. The summed E-state index contributed by atoms with van der Waals surface area (Å²) in [6.07, 6.45) is 2.18. The first kappa shape index (κ1) is 18.9. The van der Waals surface area contributed by atoms with Crippen LogP contribution >= 0.6 is 22.9 Å². The van der Waals surface area contributed by atoms with Gasteiger partial charge in [-0.25, -0.2) is 4.98 Å². The average Bonchev–Trinajstić information content (AvgIpc) is 3.16. The minimum Gasteiger partial charge on any atom is -0.379 e. The number of hydrogen-bond donors (Lipinski definition) is 1. The van der Waals surface area contributed by atoms with Crippen molar-refractivity contribution in [3.8, 4) is 0 Å². The molecule has 1 fully saturated rings. The molecular weight excluding hydrogens is 380 g/mol. The zero-order chi connectivity index (χ0) is 18.8. The minimum absolute atomic E-state index is 0.305. The highest BCUT2D eigenvalue weighted by Gasteiger charge is 2.22. The maximum absolute atomic E-state index is 6.09. The molecule has 1 atom stereocenters. The fourth-order valence-electron chi connectivity index (χ4n) is 3.68. The number of rotatable bonds is 6. The Labute approximate surface area is 168 Å². The van der Waals surface area contributed by atoms with Gasteiger partial charge in [0.2, 0.25) is 0 Å². The molecule has 1 aliphatic heterocycles. The number of aromatic nitrogens is 2. The van der Waals surface area contributed by atoms with Gasteiger partial charge in [0.1, 0.15) is 0 Å². The SMILES string of the molecule is Cc1cn2c(CNCC(c3ccc(Cl)cc3)N3CCOCC3)c(C)nc2s1. The molecule has 0 bridgehead atoms. The maximum atomic E-state index is 6.09. The van der Waals surface area contributed by atoms with E-state index in [1.165, 1.54) is 16.1 Å². The van der Waals surface area contributed by atoms with E-state index >= 15 is 0 Å². The molecule has 0 aliphatic carbocycles. The molecule has 1 unspecified atom stereocenters. The second kappa shape index (κ2) is 8.29. The van der Waals surface area contributed by atoms with Gasteiger partial charge < -0.3 is 10.1 Å². The molecule has 0 amide bonds. The van der Waals surface area contributed by atoms with Gasteiger partial charge in [0, 0.05) is 48.3 Å². The number of hydrogen-bond acceptors (Lipinski definition) is 5. The van der Waals surface area contributed by atoms with Crippen molar-refractivity contribution < 1.29 is 4.74 Å². The van der Waals surface area contributed by atoms with Crippen molar-refractivity contribution in [2.45, 2.75) is 26.4 Å². The Morgan fingerprint density at radius 3 is 2.70 bits per heavy atom. The van der Waals surface area contributed by atoms with E-state index < -0.39 is 0 Å². The normalized spacial score (nSPS) is 16.9. The van der Waals surface area contributed by atoms with Crippen LogP contribution < -0.4 is 5.32 Å². The molecule has 7 heteroatoms. The molecule has 1 aliphatic rings. The molecule has 144 valence electrons. The van der Waals surface area contributed by atoms with Crippen LogP contribution in [0.25, 0.3) is 4.96 Å². The summed E-state index contributed by atoms with van der Waals surface area (Å²) in [6.45, 7) is 9.38. The maximum Gasteiger partial charge on any atom is 0.194 e. The molecule has 0 spiro atoms. The molecule has 1 aromatic carbocycles. The predicted octanol–water partition coefficient (Wildman–Crippen LogP) is 3.83. The molecule has 3 heterocycles. The second-order valence-electron chi connectivity index (χ2n) is 6.98. The molecule has 27 heavy (non-hydrogen) atoms. The van der Waals surface area contributed by atoms with Crippen LogP contribution in [0.5, 0.6) is 0 Å². The van der Waals surface area contributed by atoms with Crippen molar-refractivity contribution in [3.05, 3.63) is 57.3 Å². The topological polar surface area (TPSA) is 41.8 Å². The van der Waals surface area contributed by atoms with Crippen molar-refractivity contribution in [1.82, 2.24) is 19.6 Å². The van der Waals surface area contributed by atoms with E-state index in [0.717, 1.165) is 55.1 Å². The van der Waals surface area contributed by atoms with Crippen molar-refractivity contribution in [1.29, 1.82) is 0 Å². The van der Waals surface area contributed by atoms with Gasteiger partial charge >= 0.3 is 0 Å². The summed E-state index contributed by atoms with van der Waals surface area (Å²) in [6, 6.07) is 8.52. The summed E-state index contributed by atoms with van der Waals surface area (Å²) in [4.78, 5) is 9.54. The lowest BCUT2D eigenvalue weighted by molar-refractivity contribution is 0.0161. The summed E-state index contributed by atoms with van der Waals surface area (Å²) in [5, 5.41) is 4.44. The van der Waals surface area contributed by atoms with Gasteiger partial charge in [0.15, 0.2) is 4.96 Å². The van der Waals surface area contributed by atoms with Crippen molar-refractivity contribution in [3.63, 3.8) is 0 Å². The Morgan fingerprint density at radius 1 is 1.22 bits per heavy atom. The summed E-state index contributed by atoms with van der Waals surface area (Å²) in [7, 11) is 0. The average molecular weight is 405 g/mol. The Hall–Kier alpha value is -1.44. The van der Waals surface area contributed by atoms with Gasteiger partial charge in [0.05, 0.1) is 24.6 Å². The molecule has 3 aromatic rings. The van der Waals surface area contributed by atoms with Crippen LogP contribution in [0.4, 0.5) is 0 Å². The van der Waals surface area contributed by atoms with Crippen LogP contribution in [0, 0.1) is 13.8 Å². The van der Waals surface area contributed by atoms with Gasteiger partial charge in [-0.2, -0.15) is 0 Å². The van der Waals surface area contributed by atoms with E-state index in [2.05, 4.69) is 51.8 Å². The summed E-state index contributed by atoms with van der Waals surface area (Å²) in [5.74, 6) is 0. The predicted molar refractivity (Wildman–Crippen MR) is 111 cm³/mol. The quantitative estimate of drug-likeness (QED) is 0.678. The largest absolute Gasteiger partial charge is 0.379 e. The first-order valence-corrected chi connectivity index (χ1v) is 10.5. The lowest BCUT2D eigenvalue weighted by Gasteiger charge is -2.35. The number of imidazole rings is 1. The summed E-state index contributed by atoms with van der Waals surface area (Å²) >= 11 is 7.83. The van der Waals surface area contributed by atoms with E-state index in [0.29, 0.717) is 6.04 Å². The molecule has 4 rings (SSSR count). The van der Waals surface area contributed by atoms with Crippen LogP contribution in [0.15, 0.2) is 30.5 Å². The first-order chi connectivity index (χ1) is 13.1. The van der Waals surface area contributed by atoms with Crippen LogP contribution in [0.2, 0.25) is 5.02 Å². The number of nitrogens with one attached hydrogen (secondary N) is 1. The molecular formula is C20H25ClN4OS. The van der Waals surface area contributed by atoms with Gasteiger partial charge in [-0.15, -0.1) is 11.3 Å². The lowest BCUT2D eigenvalue weighted by Crippen LogP contribution is -2.42. The smallest absolute Gasteiger partial charge is 0.194 e. The van der Waals surface area contributed by atoms with Gasteiger partial charge in [-0.1, -0.05) is 23.7 Å². The Bertz CT molecular complexity index is 899. The number of aryl methyl sites for hydroxylation is 2. The van der Waals surface area contributed by atoms with Crippen molar-refractivity contribution in [2.75, 3.05) is 32.8 Å². The van der Waals surface area contributed by atoms with Crippen LogP contribution in [-0.2, 0) is 11.3 Å². The number of fused-ring (bicyclic) bond motifs is 1. The monoisotopic (exact) mass is 404 g/mol. The van der Waals surface area contributed by atoms with E-state index in [-0.39, 0.29) is 0 Å². The highest BCUT2D eigenvalue weighted by molar-refractivity contribution is 7.17. The molecule has 0 radical (unpaired) electrons. The third-order valence-electron chi connectivity index (χ3n) is 5.11. The number of morpholine rings is 1. The molecule has 5 nitrogen and oxygen atoms in total. The number of thiazole rings is 1. The molecule has 0 saturated carbocycles. The van der Waals surface area contributed by atoms with E-state index in [9.17, 15) is 0 Å². The first-order valence-electron chi connectivity index (χ1n) is 9.34. The summed E-state index contributed by atoms with van der Waals surface area (Å²) in [5.41, 5.74) is 3.63. The fourth-order valence-corrected chi connectivity index (χ4v) is 4.70. The Morgan fingerprint density at radius 2 is 1.96 bits per heavy atom. The molecule has 1 N–H and O–H groups in total.